The fourth-order valence-corrected chi connectivity index (χ4v) is 9.85. The van der Waals surface area contributed by atoms with Crippen LogP contribution >= 0.6 is 25.3 Å². The zero-order valence-corrected chi connectivity index (χ0v) is 53.1. The normalized spacial score (nSPS) is 15.5. The molecule has 2 aromatic rings. The van der Waals surface area contributed by atoms with Crippen LogP contribution in [0.2, 0.25) is 0 Å². The molecule has 0 saturated carbocycles. The van der Waals surface area contributed by atoms with Crippen LogP contribution in [0.1, 0.15) is 82.8 Å². The second kappa shape index (κ2) is 40.7. The van der Waals surface area contributed by atoms with E-state index in [-0.39, 0.29) is 113 Å². The summed E-state index contributed by atoms with van der Waals surface area (Å²) in [6.45, 7) is 2.53. The third kappa shape index (κ3) is 28.2. The van der Waals surface area contributed by atoms with Crippen molar-refractivity contribution in [1.29, 1.82) is 0 Å². The van der Waals surface area contributed by atoms with Crippen molar-refractivity contribution < 1.29 is 52.7 Å². The molecule has 1 heterocycles. The number of benzene rings is 2. The molecule has 0 aromatic heterocycles. The van der Waals surface area contributed by atoms with Crippen molar-refractivity contribution in [3.05, 3.63) is 71.8 Å². The lowest BCUT2D eigenvalue weighted by atomic mass is 9.96. The number of hydrogen-bond acceptors (Lipinski definition) is 17. The molecule has 0 spiro atoms. The molecule has 0 unspecified atom stereocenters. The van der Waals surface area contributed by atoms with Gasteiger partial charge in [-0.05, 0) is 74.8 Å². The molecule has 32 nitrogen and oxygen atoms in total. The average molecular weight is 1310 g/mol. The molecule has 25 N–H and O–H groups in total. The quantitative estimate of drug-likeness (QED) is 0.0128. The number of nitrogens with two attached hydrogens (primary N) is 8. The second-order valence-electron chi connectivity index (χ2n) is 21.6. The van der Waals surface area contributed by atoms with Crippen molar-refractivity contribution in [3.63, 3.8) is 0 Å². The Balaban J connectivity index is 1.88. The summed E-state index contributed by atoms with van der Waals surface area (Å²) in [6, 6.07) is 6.20. The first-order valence-corrected chi connectivity index (χ1v) is 31.0. The summed E-state index contributed by atoms with van der Waals surface area (Å²) in [5, 5.41) is 23.3. The molecule has 34 heteroatoms. The number of primary amides is 1. The number of guanidine groups is 3. The fourth-order valence-electron chi connectivity index (χ4n) is 9.32. The number of hydrogen-bond donors (Lipinski definition) is 19. The molecular formula is C57H91N21O11S2. The largest absolute Gasteiger partial charge is 0.370 e. The lowest BCUT2D eigenvalue weighted by Crippen LogP contribution is -2.61. The number of carbonyl (C=O) groups excluding carboxylic acids is 11. The van der Waals surface area contributed by atoms with Crippen LogP contribution in [0.15, 0.2) is 75.6 Å². The number of rotatable bonds is 40. The van der Waals surface area contributed by atoms with E-state index in [2.05, 4.69) is 88.1 Å². The number of nitrogens with zero attached hydrogens (tertiary/aromatic N) is 4. The van der Waals surface area contributed by atoms with Crippen LogP contribution in [0.3, 0.4) is 0 Å². The molecule has 2 aromatic carbocycles. The lowest BCUT2D eigenvalue weighted by Gasteiger charge is -2.32. The standard InChI is InChI=1S/C57H91N21O11S2/c1-3-32(2)45(53(88)74-38(20-12-24-68-57(64)65)54(89)78-25-13-21-42(78)52(87)75-40(30-90)46(59)81)77-49(84)37(19-11-23-67-56(62)63)72-48(83)36(18-10-22-66-55(60)61)73-51(86)41(31-91)76-50(85)39(27-34-16-8-5-9-17-34)71-44(80)29-69-43(79)28-70-47(82)35(58)26-33-14-6-4-7-15-33/h4-9,14-17,32,35-42,45,90-91H,3,10-13,18-31,58H2,1-2H3,(H2,59,81)(H,69,79)(H,70,82)(H,71,80)(H,72,83)(H,73,86)(H,74,88)(H,75,87)(H,76,85)(H,77,84)(H4,60,61,66)(H4,62,63,67)(H4,64,65,68)/t32-,35-,36-,37-,38-,39-,40-,41-,42-,45-/m0/s1. The number of amides is 11. The zero-order valence-electron chi connectivity index (χ0n) is 51.3. The first kappa shape index (κ1) is 76.3. The van der Waals surface area contributed by atoms with Crippen LogP contribution in [0, 0.1) is 5.92 Å². The van der Waals surface area contributed by atoms with Gasteiger partial charge in [-0.1, -0.05) is 80.9 Å². The molecule has 0 aliphatic carbocycles. The molecule has 91 heavy (non-hydrogen) atoms. The van der Waals surface area contributed by atoms with Gasteiger partial charge in [0.05, 0.1) is 19.1 Å². The van der Waals surface area contributed by atoms with E-state index < -0.39 is 138 Å². The zero-order chi connectivity index (χ0) is 67.6. The van der Waals surface area contributed by atoms with Gasteiger partial charge in [0.15, 0.2) is 17.9 Å². The summed E-state index contributed by atoms with van der Waals surface area (Å²) in [4.78, 5) is 164. The number of nitrogens with one attached hydrogen (secondary N) is 9. The molecular weight excluding hydrogens is 1220 g/mol. The molecule has 1 aliphatic heterocycles. The van der Waals surface area contributed by atoms with Crippen LogP contribution in [0.25, 0.3) is 0 Å². The van der Waals surface area contributed by atoms with Crippen molar-refractivity contribution in [2.24, 2.45) is 66.8 Å². The predicted octanol–water partition coefficient (Wildman–Crippen LogP) is -6.03. The van der Waals surface area contributed by atoms with E-state index in [9.17, 15) is 52.7 Å². The smallest absolute Gasteiger partial charge is 0.245 e. The van der Waals surface area contributed by atoms with Gasteiger partial charge in [0.1, 0.15) is 48.3 Å². The predicted molar refractivity (Wildman–Crippen MR) is 349 cm³/mol. The van der Waals surface area contributed by atoms with Gasteiger partial charge < -0.3 is 98.6 Å². The molecule has 0 radical (unpaired) electrons. The van der Waals surface area contributed by atoms with Crippen LogP contribution in [-0.2, 0) is 65.6 Å². The Bertz CT molecular complexity index is 2850. The van der Waals surface area contributed by atoms with Gasteiger partial charge >= 0.3 is 0 Å². The minimum atomic E-state index is -1.45. The molecule has 3 rings (SSSR count). The molecule has 1 saturated heterocycles. The van der Waals surface area contributed by atoms with Crippen molar-refractivity contribution in [1.82, 2.24) is 52.8 Å². The van der Waals surface area contributed by atoms with Crippen molar-refractivity contribution in [3.8, 4) is 0 Å². The molecule has 502 valence electrons. The van der Waals surface area contributed by atoms with Gasteiger partial charge in [0, 0.05) is 44.1 Å². The summed E-state index contributed by atoms with van der Waals surface area (Å²) in [6.07, 6.45) is 1.22. The SMILES string of the molecule is CC[C@H](C)[C@H](NC(=O)[C@H](CCCN=C(N)N)NC(=O)[C@H](CCCN=C(N)N)NC(=O)[C@H](CS)NC(=O)[C@H](Cc1ccccc1)NC(=O)CNC(=O)CNC(=O)[C@@H](N)Cc1ccccc1)C(=O)N[C@@H](CCCN=C(N)N)C(=O)N1CCC[C@H]1C(=O)N[C@@H](CS)C(N)=O. The fraction of sp³-hybridized carbons (Fsp3) is 0.544. The minimum absolute atomic E-state index is 0.00174. The third-order valence-electron chi connectivity index (χ3n) is 14.4. The van der Waals surface area contributed by atoms with Gasteiger partial charge in [-0.15, -0.1) is 0 Å². The summed E-state index contributed by atoms with van der Waals surface area (Å²) in [7, 11) is 0. The Morgan fingerprint density at radius 2 is 0.978 bits per heavy atom. The first-order valence-electron chi connectivity index (χ1n) is 29.8. The molecule has 10 atom stereocenters. The third-order valence-corrected chi connectivity index (χ3v) is 15.2. The van der Waals surface area contributed by atoms with E-state index in [0.717, 1.165) is 5.56 Å². The van der Waals surface area contributed by atoms with E-state index in [1.807, 2.05) is 6.07 Å². The number of likely N-dealkylation sites (tertiary alicyclic amines) is 1. The molecule has 1 aliphatic rings. The second-order valence-corrected chi connectivity index (χ2v) is 22.3. The van der Waals surface area contributed by atoms with E-state index in [1.165, 1.54) is 4.90 Å². The van der Waals surface area contributed by atoms with E-state index in [1.54, 1.807) is 68.4 Å². The molecule has 11 amide bonds. The Morgan fingerprint density at radius 1 is 0.527 bits per heavy atom. The number of thiol groups is 2. The Kier molecular flexibility index (Phi) is 34.1. The van der Waals surface area contributed by atoms with Crippen molar-refractivity contribution >= 4 is 108 Å². The average Bonchev–Trinajstić information content (AvgIpc) is 2.31. The van der Waals surface area contributed by atoms with Gasteiger partial charge in [0.25, 0.3) is 0 Å². The summed E-state index contributed by atoms with van der Waals surface area (Å²) < 4.78 is 0. The van der Waals surface area contributed by atoms with Gasteiger partial charge in [-0.3, -0.25) is 67.7 Å². The Labute approximate surface area is 539 Å². The summed E-state index contributed by atoms with van der Waals surface area (Å²) in [5.74, 6) is -10.3. The molecule has 1 fully saturated rings. The lowest BCUT2D eigenvalue weighted by molar-refractivity contribution is -0.142. The summed E-state index contributed by atoms with van der Waals surface area (Å²) in [5.41, 5.74) is 46.3. The minimum Gasteiger partial charge on any atom is -0.370 e. The Morgan fingerprint density at radius 3 is 1.47 bits per heavy atom. The molecule has 0 bridgehead atoms. The van der Waals surface area contributed by atoms with Crippen LogP contribution < -0.4 is 93.7 Å². The highest BCUT2D eigenvalue weighted by Crippen LogP contribution is 2.21. The van der Waals surface area contributed by atoms with E-state index in [4.69, 9.17) is 45.9 Å². The van der Waals surface area contributed by atoms with Gasteiger partial charge in [-0.2, -0.15) is 25.3 Å². The van der Waals surface area contributed by atoms with E-state index in [0.29, 0.717) is 18.4 Å². The summed E-state index contributed by atoms with van der Waals surface area (Å²) >= 11 is 8.43. The Hall–Kier alpha value is -8.92. The van der Waals surface area contributed by atoms with Gasteiger partial charge in [0.2, 0.25) is 65.0 Å². The van der Waals surface area contributed by atoms with Crippen LogP contribution in [0.5, 0.6) is 0 Å². The number of carbonyl (C=O) groups is 11. The van der Waals surface area contributed by atoms with Crippen molar-refractivity contribution in [2.45, 2.75) is 139 Å². The maximum Gasteiger partial charge on any atom is 0.245 e. The highest BCUT2D eigenvalue weighted by atomic mass is 32.1. The van der Waals surface area contributed by atoms with Gasteiger partial charge in [-0.25, -0.2) is 0 Å². The highest BCUT2D eigenvalue weighted by molar-refractivity contribution is 7.80. The monoisotopic (exact) mass is 1310 g/mol. The highest BCUT2D eigenvalue weighted by Gasteiger charge is 2.40. The van der Waals surface area contributed by atoms with Crippen LogP contribution in [0.4, 0.5) is 0 Å². The van der Waals surface area contributed by atoms with Crippen molar-refractivity contribution in [2.75, 3.05) is 50.8 Å². The maximum atomic E-state index is 14.6. The first-order chi connectivity index (χ1) is 43.3. The number of aliphatic imine (C=N–C) groups is 3. The van der Waals surface area contributed by atoms with E-state index >= 15 is 0 Å². The maximum absolute atomic E-state index is 14.6. The topological polar surface area (TPSA) is 545 Å². The van der Waals surface area contributed by atoms with Crippen LogP contribution in [-0.4, -0.2) is 193 Å².